The van der Waals surface area contributed by atoms with E-state index in [9.17, 15) is 9.59 Å². The smallest absolute Gasteiger partial charge is 0.408 e. The zero-order valence-corrected chi connectivity index (χ0v) is 11.0. The summed E-state index contributed by atoms with van der Waals surface area (Å²) < 4.78 is 5.00. The molecular weight excluding hydrogens is 226 g/mol. The predicted octanol–water partition coefficient (Wildman–Crippen LogP) is 1.19. The molecule has 0 saturated carbocycles. The molecule has 0 aromatic carbocycles. The molecule has 0 spiro atoms. The number of aliphatic carboxylic acids is 1. The topological polar surface area (TPSA) is 107 Å². The van der Waals surface area contributed by atoms with Crippen LogP contribution in [-0.2, 0) is 9.53 Å². The van der Waals surface area contributed by atoms with Crippen LogP contribution >= 0.6 is 0 Å². The minimum absolute atomic E-state index is 0. The molecule has 6 heteroatoms. The van der Waals surface area contributed by atoms with E-state index in [-0.39, 0.29) is 11.4 Å². The average Bonchev–Trinajstić information content (AvgIpc) is 2.09. The molecular formula is C11H23NO5. The van der Waals surface area contributed by atoms with Gasteiger partial charge in [0.25, 0.3) is 0 Å². The minimum Gasteiger partial charge on any atom is -0.480 e. The lowest BCUT2D eigenvalue weighted by atomic mass is 10.00. The molecule has 0 fully saturated rings. The van der Waals surface area contributed by atoms with Crippen LogP contribution in [0.1, 0.15) is 41.0 Å². The molecule has 0 saturated heterocycles. The standard InChI is InChI=1S/C11H21NO4.H2O/c1-6-7(2)8(9(13)14)12-10(15)16-11(3,4)5;/h7-8H,6H2,1-5H3,(H,12,15)(H,13,14);1H2. The van der Waals surface area contributed by atoms with Crippen molar-refractivity contribution in [1.82, 2.24) is 5.32 Å². The van der Waals surface area contributed by atoms with Crippen LogP contribution < -0.4 is 5.32 Å². The van der Waals surface area contributed by atoms with Crippen LogP contribution in [0.25, 0.3) is 0 Å². The number of hydrogen-bond donors (Lipinski definition) is 2. The van der Waals surface area contributed by atoms with Gasteiger partial charge in [0.05, 0.1) is 0 Å². The first-order valence-corrected chi connectivity index (χ1v) is 5.39. The van der Waals surface area contributed by atoms with Crippen molar-refractivity contribution in [3.63, 3.8) is 0 Å². The summed E-state index contributed by atoms with van der Waals surface area (Å²) in [6, 6.07) is -0.903. The van der Waals surface area contributed by atoms with E-state index in [1.807, 2.05) is 6.92 Å². The lowest BCUT2D eigenvalue weighted by molar-refractivity contribution is -0.140. The van der Waals surface area contributed by atoms with Crippen molar-refractivity contribution >= 4 is 12.1 Å². The van der Waals surface area contributed by atoms with Crippen molar-refractivity contribution in [1.29, 1.82) is 0 Å². The van der Waals surface area contributed by atoms with Gasteiger partial charge in [-0.1, -0.05) is 20.3 Å². The third-order valence-corrected chi connectivity index (χ3v) is 2.15. The Labute approximate surface area is 102 Å². The van der Waals surface area contributed by atoms with E-state index in [1.165, 1.54) is 0 Å². The maximum absolute atomic E-state index is 11.4. The Kier molecular flexibility index (Phi) is 7.56. The summed E-state index contributed by atoms with van der Waals surface area (Å²) in [7, 11) is 0. The number of amides is 1. The number of carboxylic acid groups (broad SMARTS) is 1. The van der Waals surface area contributed by atoms with Gasteiger partial charge in [0.2, 0.25) is 0 Å². The van der Waals surface area contributed by atoms with Gasteiger partial charge in [-0.2, -0.15) is 0 Å². The quantitative estimate of drug-likeness (QED) is 0.780. The van der Waals surface area contributed by atoms with Crippen molar-refractivity contribution in [3.8, 4) is 0 Å². The molecule has 2 atom stereocenters. The number of carboxylic acids is 1. The largest absolute Gasteiger partial charge is 0.480 e. The van der Waals surface area contributed by atoms with Crippen LogP contribution in [0.3, 0.4) is 0 Å². The number of rotatable bonds is 4. The maximum Gasteiger partial charge on any atom is 0.408 e. The molecule has 1 amide bonds. The Morgan fingerprint density at radius 2 is 1.82 bits per heavy atom. The molecule has 17 heavy (non-hydrogen) atoms. The Hall–Kier alpha value is -1.30. The van der Waals surface area contributed by atoms with Crippen LogP contribution in [0, 0.1) is 5.92 Å². The highest BCUT2D eigenvalue weighted by Crippen LogP contribution is 2.11. The summed E-state index contributed by atoms with van der Waals surface area (Å²) in [5.41, 5.74) is -0.622. The van der Waals surface area contributed by atoms with Crippen LogP contribution in [-0.4, -0.2) is 34.3 Å². The van der Waals surface area contributed by atoms with Crippen LogP contribution in [0.2, 0.25) is 0 Å². The first-order chi connectivity index (χ1) is 7.17. The van der Waals surface area contributed by atoms with Gasteiger partial charge in [0.15, 0.2) is 0 Å². The SMILES string of the molecule is CCC(C)C(NC(=O)OC(C)(C)C)C(=O)O.O. The zero-order chi connectivity index (χ0) is 12.9. The van der Waals surface area contributed by atoms with Crippen LogP contribution in [0.4, 0.5) is 4.79 Å². The van der Waals surface area contributed by atoms with E-state index in [1.54, 1.807) is 27.7 Å². The molecule has 0 aromatic rings. The molecule has 102 valence electrons. The van der Waals surface area contributed by atoms with Crippen LogP contribution in [0.5, 0.6) is 0 Å². The number of nitrogens with one attached hydrogen (secondary N) is 1. The highest BCUT2D eigenvalue weighted by molar-refractivity contribution is 5.80. The maximum atomic E-state index is 11.4. The molecule has 0 bridgehead atoms. The lowest BCUT2D eigenvalue weighted by Gasteiger charge is -2.24. The highest BCUT2D eigenvalue weighted by Gasteiger charge is 2.27. The fourth-order valence-corrected chi connectivity index (χ4v) is 1.12. The van der Waals surface area contributed by atoms with Crippen molar-refractivity contribution in [2.45, 2.75) is 52.7 Å². The Bertz CT molecular complexity index is 259. The van der Waals surface area contributed by atoms with E-state index in [0.29, 0.717) is 6.42 Å². The average molecular weight is 249 g/mol. The molecule has 6 nitrogen and oxygen atoms in total. The number of ether oxygens (including phenoxy) is 1. The van der Waals surface area contributed by atoms with E-state index in [2.05, 4.69) is 5.32 Å². The highest BCUT2D eigenvalue weighted by atomic mass is 16.6. The van der Waals surface area contributed by atoms with E-state index in [0.717, 1.165) is 0 Å². The second kappa shape index (κ2) is 7.11. The summed E-state index contributed by atoms with van der Waals surface area (Å²) in [5.74, 6) is -1.18. The first-order valence-electron chi connectivity index (χ1n) is 5.39. The number of carbonyl (C=O) groups is 2. The van der Waals surface area contributed by atoms with E-state index in [4.69, 9.17) is 9.84 Å². The van der Waals surface area contributed by atoms with Crippen LogP contribution in [0.15, 0.2) is 0 Å². The summed E-state index contributed by atoms with van der Waals surface area (Å²) in [4.78, 5) is 22.3. The van der Waals surface area contributed by atoms with Gasteiger partial charge in [-0.15, -0.1) is 0 Å². The molecule has 0 aliphatic carbocycles. The predicted molar refractivity (Wildman–Crippen MR) is 63.9 cm³/mol. The Balaban J connectivity index is 0. The van der Waals surface area contributed by atoms with Gasteiger partial charge in [0, 0.05) is 0 Å². The van der Waals surface area contributed by atoms with Crippen molar-refractivity contribution in [3.05, 3.63) is 0 Å². The lowest BCUT2D eigenvalue weighted by Crippen LogP contribution is -2.46. The van der Waals surface area contributed by atoms with Crippen molar-refractivity contribution < 1.29 is 24.9 Å². The Morgan fingerprint density at radius 1 is 1.35 bits per heavy atom. The molecule has 0 heterocycles. The Morgan fingerprint density at radius 3 is 2.12 bits per heavy atom. The van der Waals surface area contributed by atoms with E-state index < -0.39 is 23.7 Å². The monoisotopic (exact) mass is 249 g/mol. The summed E-state index contributed by atoms with van der Waals surface area (Å²) in [6.07, 6.45) is -0.0209. The molecule has 0 aliphatic rings. The number of carbonyl (C=O) groups excluding carboxylic acids is 1. The number of hydrogen-bond acceptors (Lipinski definition) is 3. The van der Waals surface area contributed by atoms with Gasteiger partial charge in [0.1, 0.15) is 11.6 Å². The second-order valence-electron chi connectivity index (χ2n) is 4.85. The molecule has 0 radical (unpaired) electrons. The van der Waals surface area contributed by atoms with Gasteiger partial charge in [-0.05, 0) is 26.7 Å². The normalized spacial score (nSPS) is 14.2. The summed E-state index contributed by atoms with van der Waals surface area (Å²) in [5, 5.41) is 11.3. The van der Waals surface area contributed by atoms with Gasteiger partial charge in [-0.3, -0.25) is 0 Å². The molecule has 0 aliphatic heterocycles. The van der Waals surface area contributed by atoms with Crippen molar-refractivity contribution in [2.24, 2.45) is 5.92 Å². The van der Waals surface area contributed by atoms with Gasteiger partial charge >= 0.3 is 12.1 Å². The minimum atomic E-state index is -1.04. The second-order valence-corrected chi connectivity index (χ2v) is 4.85. The summed E-state index contributed by atoms with van der Waals surface area (Å²) >= 11 is 0. The molecule has 0 rings (SSSR count). The molecule has 2 unspecified atom stereocenters. The van der Waals surface area contributed by atoms with Crippen molar-refractivity contribution in [2.75, 3.05) is 0 Å². The van der Waals surface area contributed by atoms with Gasteiger partial charge in [-0.25, -0.2) is 9.59 Å². The fourth-order valence-electron chi connectivity index (χ4n) is 1.12. The van der Waals surface area contributed by atoms with E-state index >= 15 is 0 Å². The molecule has 0 aromatic heterocycles. The fraction of sp³-hybridized carbons (Fsp3) is 0.818. The first kappa shape index (κ1) is 18.1. The molecule has 4 N–H and O–H groups in total. The number of alkyl carbamates (subject to hydrolysis) is 1. The summed E-state index contributed by atoms with van der Waals surface area (Å²) in [6.45, 7) is 8.83. The third kappa shape index (κ3) is 7.57. The third-order valence-electron chi connectivity index (χ3n) is 2.15. The zero-order valence-electron chi connectivity index (χ0n) is 11.0. The van der Waals surface area contributed by atoms with Gasteiger partial charge < -0.3 is 20.6 Å².